The van der Waals surface area contributed by atoms with Crippen LogP contribution in [0.1, 0.15) is 53.4 Å². The maximum Gasteiger partial charge on any atom is 0.265 e. The highest BCUT2D eigenvalue weighted by molar-refractivity contribution is 7.16. The van der Waals surface area contributed by atoms with E-state index in [4.69, 9.17) is 4.74 Å². The molecule has 2 aliphatic carbocycles. The van der Waals surface area contributed by atoms with Crippen molar-refractivity contribution in [2.45, 2.75) is 58.6 Å². The summed E-state index contributed by atoms with van der Waals surface area (Å²) in [7, 11) is 1.95. The van der Waals surface area contributed by atoms with Crippen molar-refractivity contribution < 1.29 is 9.53 Å². The number of amides is 1. The third kappa shape index (κ3) is 3.01. The number of nitrogens with zero attached hydrogens (tertiary/aromatic N) is 2. The molecule has 0 radical (unpaired) electrons. The zero-order valence-electron chi connectivity index (χ0n) is 16.6. The Labute approximate surface area is 165 Å². The van der Waals surface area contributed by atoms with Crippen LogP contribution < -0.4 is 0 Å². The number of thiazole rings is 1. The summed E-state index contributed by atoms with van der Waals surface area (Å²) >= 11 is 1.49. The molecule has 27 heavy (non-hydrogen) atoms. The highest BCUT2D eigenvalue weighted by atomic mass is 32.1. The Hall–Kier alpha value is -1.72. The zero-order chi connectivity index (χ0) is 19.2. The van der Waals surface area contributed by atoms with E-state index < -0.39 is 0 Å². The quantitative estimate of drug-likeness (QED) is 0.740. The van der Waals surface area contributed by atoms with Gasteiger partial charge in [-0.1, -0.05) is 18.6 Å². The summed E-state index contributed by atoms with van der Waals surface area (Å²) in [6, 6.07) is 6.64. The second-order valence-corrected chi connectivity index (χ2v) is 9.06. The molecule has 2 fully saturated rings. The van der Waals surface area contributed by atoms with Gasteiger partial charge in [-0.15, -0.1) is 11.3 Å². The van der Waals surface area contributed by atoms with Gasteiger partial charge in [0.25, 0.3) is 5.91 Å². The first-order valence-corrected chi connectivity index (χ1v) is 10.7. The van der Waals surface area contributed by atoms with Crippen molar-refractivity contribution >= 4 is 17.2 Å². The number of hydrogen-bond acceptors (Lipinski definition) is 4. The summed E-state index contributed by atoms with van der Waals surface area (Å²) in [6.45, 7) is 7.02. The molecule has 144 valence electrons. The molecule has 2 aliphatic rings. The third-order valence-electron chi connectivity index (χ3n) is 6.65. The van der Waals surface area contributed by atoms with Gasteiger partial charge in [0, 0.05) is 30.7 Å². The summed E-state index contributed by atoms with van der Waals surface area (Å²) in [5.41, 5.74) is 3.80. The average molecular weight is 385 g/mol. The minimum absolute atomic E-state index is 0.0915. The summed E-state index contributed by atoms with van der Waals surface area (Å²) < 4.78 is 5.94. The van der Waals surface area contributed by atoms with E-state index in [2.05, 4.69) is 44.0 Å². The van der Waals surface area contributed by atoms with Gasteiger partial charge in [0.15, 0.2) is 0 Å². The van der Waals surface area contributed by atoms with E-state index in [9.17, 15) is 4.79 Å². The lowest BCUT2D eigenvalue weighted by Gasteiger charge is -2.63. The van der Waals surface area contributed by atoms with Crippen LogP contribution in [0.5, 0.6) is 0 Å². The fourth-order valence-electron chi connectivity index (χ4n) is 4.64. The number of carbonyl (C=O) groups is 1. The van der Waals surface area contributed by atoms with Crippen LogP contribution in [-0.4, -0.2) is 41.6 Å². The number of aryl methyl sites for hydroxylation is 2. The molecule has 1 amide bonds. The average Bonchev–Trinajstić information content (AvgIpc) is 3.08. The van der Waals surface area contributed by atoms with Gasteiger partial charge in [-0.25, -0.2) is 4.98 Å². The molecular weight excluding hydrogens is 356 g/mol. The first-order chi connectivity index (χ1) is 13.0. The SMILES string of the molecule is CCOC1CC(N(C)C(=O)c2cnc(-c3ccc(C)c(C)c3)s2)C12CCC2. The van der Waals surface area contributed by atoms with Crippen LogP contribution in [-0.2, 0) is 4.74 Å². The van der Waals surface area contributed by atoms with E-state index in [-0.39, 0.29) is 11.3 Å². The smallest absolute Gasteiger partial charge is 0.265 e. The lowest BCUT2D eigenvalue weighted by Crippen LogP contribution is -2.67. The minimum atomic E-state index is 0.0915. The molecule has 2 unspecified atom stereocenters. The Balaban J connectivity index is 1.50. The van der Waals surface area contributed by atoms with Gasteiger partial charge in [-0.2, -0.15) is 0 Å². The molecule has 2 aromatic rings. The summed E-state index contributed by atoms with van der Waals surface area (Å²) in [5, 5.41) is 0.911. The molecule has 1 aromatic carbocycles. The zero-order valence-corrected chi connectivity index (χ0v) is 17.4. The van der Waals surface area contributed by atoms with Gasteiger partial charge < -0.3 is 9.64 Å². The molecule has 0 bridgehead atoms. The highest BCUT2D eigenvalue weighted by Crippen LogP contribution is 2.59. The van der Waals surface area contributed by atoms with Gasteiger partial charge in [0.2, 0.25) is 0 Å². The lowest BCUT2D eigenvalue weighted by molar-refractivity contribution is -0.192. The second kappa shape index (κ2) is 7.02. The van der Waals surface area contributed by atoms with Crippen molar-refractivity contribution in [2.75, 3.05) is 13.7 Å². The van der Waals surface area contributed by atoms with Crippen LogP contribution in [0.3, 0.4) is 0 Å². The Morgan fingerprint density at radius 2 is 2.11 bits per heavy atom. The van der Waals surface area contributed by atoms with Crippen molar-refractivity contribution in [2.24, 2.45) is 5.41 Å². The van der Waals surface area contributed by atoms with Crippen molar-refractivity contribution in [3.63, 3.8) is 0 Å². The first-order valence-electron chi connectivity index (χ1n) is 9.88. The number of benzene rings is 1. The molecule has 1 aromatic heterocycles. The number of rotatable bonds is 5. The summed E-state index contributed by atoms with van der Waals surface area (Å²) in [5.74, 6) is 0.0915. The molecule has 0 aliphatic heterocycles. The van der Waals surface area contributed by atoms with Crippen molar-refractivity contribution in [3.8, 4) is 10.6 Å². The number of hydrogen-bond donors (Lipinski definition) is 0. The monoisotopic (exact) mass is 384 g/mol. The molecule has 0 saturated heterocycles. The van der Waals surface area contributed by atoms with Crippen LogP contribution in [0.4, 0.5) is 0 Å². The fraction of sp³-hybridized carbons (Fsp3) is 0.545. The Kier molecular flexibility index (Phi) is 4.85. The van der Waals surface area contributed by atoms with Gasteiger partial charge in [-0.05, 0) is 57.2 Å². The van der Waals surface area contributed by atoms with Gasteiger partial charge in [-0.3, -0.25) is 4.79 Å². The molecule has 4 nitrogen and oxygen atoms in total. The summed E-state index contributed by atoms with van der Waals surface area (Å²) in [6.07, 6.45) is 6.62. The summed E-state index contributed by atoms with van der Waals surface area (Å²) in [4.78, 5) is 20.3. The van der Waals surface area contributed by atoms with E-state index in [1.807, 2.05) is 11.9 Å². The van der Waals surface area contributed by atoms with E-state index >= 15 is 0 Å². The van der Waals surface area contributed by atoms with E-state index in [1.165, 1.54) is 41.7 Å². The standard InChI is InChI=1S/C22H28N2O2S/c1-5-26-19-12-18(22(19)9-6-10-22)24(4)21(25)17-13-23-20(27-17)16-8-7-14(2)15(3)11-16/h7-8,11,13,18-19H,5-6,9-10,12H2,1-4H3. The van der Waals surface area contributed by atoms with Crippen LogP contribution in [0.25, 0.3) is 10.6 Å². The topological polar surface area (TPSA) is 42.4 Å². The minimum Gasteiger partial charge on any atom is -0.378 e. The molecule has 5 heteroatoms. The van der Waals surface area contributed by atoms with E-state index in [0.29, 0.717) is 12.1 Å². The third-order valence-corrected chi connectivity index (χ3v) is 7.69. The van der Waals surface area contributed by atoms with Gasteiger partial charge in [0.05, 0.1) is 12.3 Å². The molecule has 4 rings (SSSR count). The van der Waals surface area contributed by atoms with Gasteiger partial charge in [0.1, 0.15) is 9.88 Å². The van der Waals surface area contributed by atoms with Crippen LogP contribution in [0, 0.1) is 19.3 Å². The Bertz CT molecular complexity index is 856. The normalized spacial score (nSPS) is 23.0. The van der Waals surface area contributed by atoms with Crippen LogP contribution >= 0.6 is 11.3 Å². The molecule has 0 N–H and O–H groups in total. The maximum absolute atomic E-state index is 13.1. The number of ether oxygens (including phenoxy) is 1. The predicted molar refractivity (Wildman–Crippen MR) is 109 cm³/mol. The molecule has 1 spiro atoms. The van der Waals surface area contributed by atoms with Crippen molar-refractivity contribution in [1.29, 1.82) is 0 Å². The van der Waals surface area contributed by atoms with E-state index in [1.54, 1.807) is 6.20 Å². The largest absolute Gasteiger partial charge is 0.378 e. The van der Waals surface area contributed by atoms with E-state index in [0.717, 1.165) is 28.5 Å². The number of aromatic nitrogens is 1. The molecular formula is C22H28N2O2S. The first kappa shape index (κ1) is 18.6. The second-order valence-electron chi connectivity index (χ2n) is 8.03. The van der Waals surface area contributed by atoms with Crippen LogP contribution in [0.15, 0.2) is 24.4 Å². The Morgan fingerprint density at radius 3 is 2.74 bits per heavy atom. The Morgan fingerprint density at radius 1 is 1.33 bits per heavy atom. The molecule has 2 saturated carbocycles. The predicted octanol–water partition coefficient (Wildman–Crippen LogP) is 4.85. The van der Waals surface area contributed by atoms with Crippen molar-refractivity contribution in [3.05, 3.63) is 40.4 Å². The number of carbonyl (C=O) groups excluding carboxylic acids is 1. The fourth-order valence-corrected chi connectivity index (χ4v) is 5.54. The molecule has 1 heterocycles. The maximum atomic E-state index is 13.1. The lowest BCUT2D eigenvalue weighted by atomic mass is 9.50. The van der Waals surface area contributed by atoms with Crippen molar-refractivity contribution in [1.82, 2.24) is 9.88 Å². The van der Waals surface area contributed by atoms with Crippen LogP contribution in [0.2, 0.25) is 0 Å². The highest BCUT2D eigenvalue weighted by Gasteiger charge is 2.61. The molecule has 2 atom stereocenters. The van der Waals surface area contributed by atoms with Gasteiger partial charge >= 0.3 is 0 Å².